The van der Waals surface area contributed by atoms with Crippen LogP contribution in [0.1, 0.15) is 36.6 Å². The zero-order chi connectivity index (χ0) is 9.52. The van der Waals surface area contributed by atoms with E-state index in [-0.39, 0.29) is 5.38 Å². The highest BCUT2D eigenvalue weighted by Crippen LogP contribution is 2.25. The van der Waals surface area contributed by atoms with Gasteiger partial charge in [0, 0.05) is 0 Å². The van der Waals surface area contributed by atoms with E-state index in [9.17, 15) is 0 Å². The molecule has 0 bridgehead atoms. The Hall–Kier alpha value is -0.490. The Morgan fingerprint density at radius 1 is 1.15 bits per heavy atom. The molecule has 0 saturated carbocycles. The second kappa shape index (κ2) is 6.04. The molecule has 0 amide bonds. The molecule has 13 heavy (non-hydrogen) atoms. The van der Waals surface area contributed by atoms with Crippen molar-refractivity contribution >= 4 is 11.6 Å². The zero-order valence-electron chi connectivity index (χ0n) is 7.88. The molecule has 1 unspecified atom stereocenters. The maximum absolute atomic E-state index is 6.22. The fourth-order valence-electron chi connectivity index (χ4n) is 1.33. The van der Waals surface area contributed by atoms with Crippen LogP contribution in [0.4, 0.5) is 0 Å². The fraction of sp³-hybridized carbons (Fsp3) is 0.417. The summed E-state index contributed by atoms with van der Waals surface area (Å²) in [5, 5.41) is 0.174. The maximum atomic E-state index is 6.22. The Morgan fingerprint density at radius 3 is 2.46 bits per heavy atom. The molecule has 0 heterocycles. The fourth-order valence-corrected chi connectivity index (χ4v) is 1.63. The monoisotopic (exact) mass is 195 g/mol. The molecule has 0 spiro atoms. The lowest BCUT2D eigenvalue weighted by atomic mass is 10.1. The van der Waals surface area contributed by atoms with Crippen molar-refractivity contribution in [2.45, 2.75) is 31.1 Å². The van der Waals surface area contributed by atoms with Gasteiger partial charge in [-0.1, -0.05) is 56.5 Å². The van der Waals surface area contributed by atoms with Gasteiger partial charge in [0.1, 0.15) is 0 Å². The van der Waals surface area contributed by atoms with Crippen molar-refractivity contribution in [2.24, 2.45) is 0 Å². The molecule has 0 nitrogen and oxygen atoms in total. The van der Waals surface area contributed by atoms with Crippen LogP contribution >= 0.6 is 11.6 Å². The minimum Gasteiger partial charge on any atom is -0.118 e. The second-order valence-electron chi connectivity index (χ2n) is 3.23. The Balaban J connectivity index is 2.35. The van der Waals surface area contributed by atoms with Crippen molar-refractivity contribution < 1.29 is 0 Å². The average Bonchev–Trinajstić information content (AvgIpc) is 2.19. The van der Waals surface area contributed by atoms with Crippen LogP contribution in [-0.2, 0) is 0 Å². The van der Waals surface area contributed by atoms with E-state index in [0.29, 0.717) is 0 Å². The third-order valence-electron chi connectivity index (χ3n) is 2.12. The topological polar surface area (TPSA) is 0 Å². The van der Waals surface area contributed by atoms with Crippen LogP contribution in [0, 0.1) is 6.92 Å². The molecular weight excluding hydrogens is 180 g/mol. The molecule has 1 heteroatoms. The Bertz CT molecular complexity index is 218. The Kier molecular flexibility index (Phi) is 4.92. The van der Waals surface area contributed by atoms with E-state index in [1.807, 2.05) is 18.2 Å². The molecule has 1 atom stereocenters. The predicted octanol–water partition coefficient (Wildman–Crippen LogP) is 4.36. The van der Waals surface area contributed by atoms with Crippen molar-refractivity contribution in [2.75, 3.05) is 0 Å². The number of hydrogen-bond acceptors (Lipinski definition) is 0. The van der Waals surface area contributed by atoms with Gasteiger partial charge in [0.05, 0.1) is 5.38 Å². The van der Waals surface area contributed by atoms with E-state index < -0.39 is 0 Å². The first-order valence-electron chi connectivity index (χ1n) is 4.83. The van der Waals surface area contributed by atoms with Crippen LogP contribution in [0.3, 0.4) is 0 Å². The van der Waals surface area contributed by atoms with Crippen molar-refractivity contribution in [3.63, 3.8) is 0 Å². The van der Waals surface area contributed by atoms with E-state index in [0.717, 1.165) is 12.8 Å². The summed E-state index contributed by atoms with van der Waals surface area (Å²) < 4.78 is 0. The molecule has 0 aliphatic carbocycles. The highest BCUT2D eigenvalue weighted by Gasteiger charge is 2.05. The van der Waals surface area contributed by atoms with Gasteiger partial charge in [-0.25, -0.2) is 0 Å². The third kappa shape index (κ3) is 3.82. The normalized spacial score (nSPS) is 12.8. The van der Waals surface area contributed by atoms with Crippen LogP contribution in [0.25, 0.3) is 0 Å². The first-order chi connectivity index (χ1) is 6.34. The lowest BCUT2D eigenvalue weighted by Gasteiger charge is -2.08. The first kappa shape index (κ1) is 10.6. The zero-order valence-corrected chi connectivity index (χ0v) is 8.63. The van der Waals surface area contributed by atoms with Gasteiger partial charge in [-0.05, 0) is 12.0 Å². The van der Waals surface area contributed by atoms with Gasteiger partial charge in [-0.3, -0.25) is 0 Å². The number of alkyl halides is 1. The van der Waals surface area contributed by atoms with Crippen molar-refractivity contribution in [3.05, 3.63) is 42.8 Å². The van der Waals surface area contributed by atoms with Gasteiger partial charge < -0.3 is 0 Å². The predicted molar refractivity (Wildman–Crippen MR) is 58.9 cm³/mol. The van der Waals surface area contributed by atoms with Crippen LogP contribution in [0.2, 0.25) is 0 Å². The van der Waals surface area contributed by atoms with Gasteiger partial charge in [-0.15, -0.1) is 11.6 Å². The Morgan fingerprint density at radius 2 is 1.85 bits per heavy atom. The molecule has 71 valence electrons. The lowest BCUT2D eigenvalue weighted by Crippen LogP contribution is -1.89. The summed E-state index contributed by atoms with van der Waals surface area (Å²) in [4.78, 5) is 0. The second-order valence-corrected chi connectivity index (χ2v) is 3.75. The van der Waals surface area contributed by atoms with E-state index in [4.69, 9.17) is 11.6 Å². The highest BCUT2D eigenvalue weighted by atomic mass is 35.5. The summed E-state index contributed by atoms with van der Waals surface area (Å²) in [6, 6.07) is 10.3. The molecule has 0 saturated heterocycles. The summed E-state index contributed by atoms with van der Waals surface area (Å²) in [5.41, 5.74) is 1.23. The van der Waals surface area contributed by atoms with Gasteiger partial charge in [0.15, 0.2) is 0 Å². The van der Waals surface area contributed by atoms with E-state index >= 15 is 0 Å². The Labute approximate surface area is 85.9 Å². The lowest BCUT2D eigenvalue weighted by molar-refractivity contribution is 0.672. The van der Waals surface area contributed by atoms with Gasteiger partial charge >= 0.3 is 0 Å². The number of halogens is 1. The molecule has 1 rings (SSSR count). The molecule has 1 radical (unpaired) electrons. The van der Waals surface area contributed by atoms with Crippen molar-refractivity contribution in [1.29, 1.82) is 0 Å². The van der Waals surface area contributed by atoms with Gasteiger partial charge in [0.2, 0.25) is 0 Å². The minimum absolute atomic E-state index is 0.174. The van der Waals surface area contributed by atoms with Gasteiger partial charge in [-0.2, -0.15) is 0 Å². The molecule has 1 aromatic rings. The smallest absolute Gasteiger partial charge is 0.0585 e. The SMILES string of the molecule is [CH2]CCCCC(Cl)c1ccccc1. The number of unbranched alkanes of at least 4 members (excludes halogenated alkanes) is 2. The maximum Gasteiger partial charge on any atom is 0.0585 e. The molecule has 0 N–H and O–H groups in total. The van der Waals surface area contributed by atoms with Crippen LogP contribution in [0.15, 0.2) is 30.3 Å². The van der Waals surface area contributed by atoms with Crippen LogP contribution in [0.5, 0.6) is 0 Å². The molecule has 1 aromatic carbocycles. The summed E-state index contributed by atoms with van der Waals surface area (Å²) in [5.74, 6) is 0. The summed E-state index contributed by atoms with van der Waals surface area (Å²) in [6.45, 7) is 3.81. The summed E-state index contributed by atoms with van der Waals surface area (Å²) >= 11 is 6.22. The van der Waals surface area contributed by atoms with E-state index in [2.05, 4.69) is 19.1 Å². The minimum atomic E-state index is 0.174. The molecule has 0 aliphatic heterocycles. The number of hydrogen-bond donors (Lipinski definition) is 0. The molecular formula is C12H16Cl. The molecule has 0 aliphatic rings. The number of rotatable bonds is 5. The van der Waals surface area contributed by atoms with Crippen molar-refractivity contribution in [3.8, 4) is 0 Å². The summed E-state index contributed by atoms with van der Waals surface area (Å²) in [6.07, 6.45) is 4.42. The first-order valence-corrected chi connectivity index (χ1v) is 5.26. The molecule has 0 aromatic heterocycles. The van der Waals surface area contributed by atoms with E-state index in [1.54, 1.807) is 0 Å². The third-order valence-corrected chi connectivity index (χ3v) is 2.59. The van der Waals surface area contributed by atoms with Crippen LogP contribution < -0.4 is 0 Å². The summed E-state index contributed by atoms with van der Waals surface area (Å²) in [7, 11) is 0. The van der Waals surface area contributed by atoms with E-state index in [1.165, 1.54) is 18.4 Å². The highest BCUT2D eigenvalue weighted by molar-refractivity contribution is 6.20. The largest absolute Gasteiger partial charge is 0.118 e. The number of benzene rings is 1. The molecule has 0 fully saturated rings. The standard InChI is InChI=1S/C12H16Cl/c1-2-3-5-10-12(13)11-8-6-4-7-9-11/h4,6-9,12H,1-3,5,10H2. The van der Waals surface area contributed by atoms with Crippen LogP contribution in [-0.4, -0.2) is 0 Å². The average molecular weight is 196 g/mol. The quantitative estimate of drug-likeness (QED) is 0.484. The van der Waals surface area contributed by atoms with Gasteiger partial charge in [0.25, 0.3) is 0 Å². The van der Waals surface area contributed by atoms with Crippen molar-refractivity contribution in [1.82, 2.24) is 0 Å².